The molecule has 1 atom stereocenters. The fraction of sp³-hybridized carbons (Fsp3) is 0.333. The number of hydrogen-bond acceptors (Lipinski definition) is 5. The number of anilines is 1. The first kappa shape index (κ1) is 15.7. The van der Waals surface area contributed by atoms with E-state index in [4.69, 9.17) is 4.74 Å². The molecule has 0 heterocycles. The normalized spacial score (nSPS) is 16.8. The van der Waals surface area contributed by atoms with E-state index in [9.17, 15) is 19.7 Å². The lowest BCUT2D eigenvalue weighted by Gasteiger charge is -2.16. The summed E-state index contributed by atoms with van der Waals surface area (Å²) in [6, 6.07) is 5.78. The molecule has 1 amide bonds. The Kier molecular flexibility index (Phi) is 5.24. The summed E-state index contributed by atoms with van der Waals surface area (Å²) in [5.41, 5.74) is -0.131. The summed E-state index contributed by atoms with van der Waals surface area (Å²) in [6.45, 7) is -0.453. The van der Waals surface area contributed by atoms with E-state index in [0.717, 1.165) is 6.42 Å². The van der Waals surface area contributed by atoms with Crippen LogP contribution in [-0.2, 0) is 14.3 Å². The Balaban J connectivity index is 1.87. The maximum Gasteiger partial charge on any atom is 0.309 e. The van der Waals surface area contributed by atoms with Crippen molar-refractivity contribution in [2.45, 2.75) is 19.3 Å². The minimum atomic E-state index is -0.603. The fourth-order valence-electron chi connectivity index (χ4n) is 2.19. The lowest BCUT2D eigenvalue weighted by molar-refractivity contribution is -0.383. The quantitative estimate of drug-likeness (QED) is 0.390. The first-order chi connectivity index (χ1) is 10.6. The summed E-state index contributed by atoms with van der Waals surface area (Å²) >= 11 is 0. The molecule has 1 aliphatic carbocycles. The topological polar surface area (TPSA) is 98.5 Å². The van der Waals surface area contributed by atoms with Gasteiger partial charge in [-0.2, -0.15) is 0 Å². The number of nitrogens with one attached hydrogen (secondary N) is 1. The van der Waals surface area contributed by atoms with Crippen molar-refractivity contribution in [1.82, 2.24) is 0 Å². The number of hydrogen-bond donors (Lipinski definition) is 1. The molecule has 1 aliphatic rings. The van der Waals surface area contributed by atoms with Gasteiger partial charge in [-0.3, -0.25) is 19.7 Å². The van der Waals surface area contributed by atoms with Crippen molar-refractivity contribution in [2.24, 2.45) is 5.92 Å². The van der Waals surface area contributed by atoms with Crippen LogP contribution in [0.2, 0.25) is 0 Å². The van der Waals surface area contributed by atoms with Gasteiger partial charge >= 0.3 is 5.97 Å². The average Bonchev–Trinajstić information content (AvgIpc) is 2.53. The number of benzene rings is 1. The Morgan fingerprint density at radius 3 is 2.77 bits per heavy atom. The predicted octanol–water partition coefficient (Wildman–Crippen LogP) is 2.43. The zero-order valence-corrected chi connectivity index (χ0v) is 11.9. The van der Waals surface area contributed by atoms with Gasteiger partial charge in [-0.05, 0) is 25.3 Å². The lowest BCUT2D eigenvalue weighted by Crippen LogP contribution is -2.25. The molecule has 116 valence electrons. The van der Waals surface area contributed by atoms with E-state index in [-0.39, 0.29) is 17.3 Å². The summed E-state index contributed by atoms with van der Waals surface area (Å²) in [7, 11) is 0. The molecule has 0 unspecified atom stereocenters. The number of carbonyl (C=O) groups is 2. The first-order valence-electron chi connectivity index (χ1n) is 6.93. The molecule has 1 aromatic rings. The van der Waals surface area contributed by atoms with Gasteiger partial charge in [-0.1, -0.05) is 24.3 Å². The Labute approximate surface area is 127 Å². The molecule has 0 spiro atoms. The van der Waals surface area contributed by atoms with Crippen LogP contribution in [0.25, 0.3) is 0 Å². The van der Waals surface area contributed by atoms with Gasteiger partial charge in [0.15, 0.2) is 6.61 Å². The molecule has 0 aromatic heterocycles. The molecular formula is C15H16N2O5. The number of esters is 1. The van der Waals surface area contributed by atoms with Gasteiger partial charge in [-0.25, -0.2) is 0 Å². The van der Waals surface area contributed by atoms with Crippen LogP contribution in [0.5, 0.6) is 0 Å². The van der Waals surface area contributed by atoms with Gasteiger partial charge in [0.2, 0.25) is 0 Å². The number of para-hydroxylation sites is 2. The third-order valence-electron chi connectivity index (χ3n) is 3.32. The zero-order valence-electron chi connectivity index (χ0n) is 11.9. The number of nitro benzene ring substituents is 1. The second-order valence-corrected chi connectivity index (χ2v) is 4.91. The fourth-order valence-corrected chi connectivity index (χ4v) is 2.19. The molecule has 0 aliphatic heterocycles. The van der Waals surface area contributed by atoms with Crippen LogP contribution in [0.4, 0.5) is 11.4 Å². The first-order valence-corrected chi connectivity index (χ1v) is 6.93. The largest absolute Gasteiger partial charge is 0.455 e. The van der Waals surface area contributed by atoms with E-state index < -0.39 is 23.4 Å². The number of rotatable bonds is 5. The summed E-state index contributed by atoms with van der Waals surface area (Å²) in [5, 5.41) is 13.2. The minimum absolute atomic E-state index is 0.0779. The van der Waals surface area contributed by atoms with Crippen LogP contribution < -0.4 is 5.32 Å². The van der Waals surface area contributed by atoms with E-state index in [0.29, 0.717) is 12.8 Å². The number of allylic oxidation sites excluding steroid dienone is 2. The summed E-state index contributed by atoms with van der Waals surface area (Å²) < 4.78 is 4.96. The molecule has 0 fully saturated rings. The predicted molar refractivity (Wildman–Crippen MR) is 79.2 cm³/mol. The van der Waals surface area contributed by atoms with E-state index in [1.54, 1.807) is 6.07 Å². The van der Waals surface area contributed by atoms with Crippen LogP contribution in [0.3, 0.4) is 0 Å². The molecule has 22 heavy (non-hydrogen) atoms. The van der Waals surface area contributed by atoms with Crippen LogP contribution >= 0.6 is 0 Å². The molecule has 0 radical (unpaired) electrons. The van der Waals surface area contributed by atoms with Gasteiger partial charge in [0.25, 0.3) is 11.6 Å². The van der Waals surface area contributed by atoms with Gasteiger partial charge in [-0.15, -0.1) is 0 Å². The zero-order chi connectivity index (χ0) is 15.9. The second-order valence-electron chi connectivity index (χ2n) is 4.91. The molecule has 1 aromatic carbocycles. The Morgan fingerprint density at radius 1 is 1.32 bits per heavy atom. The molecule has 0 saturated heterocycles. The van der Waals surface area contributed by atoms with Gasteiger partial charge in [0.05, 0.1) is 10.8 Å². The maximum atomic E-state index is 11.8. The van der Waals surface area contributed by atoms with Crippen molar-refractivity contribution in [3.05, 3.63) is 46.5 Å². The van der Waals surface area contributed by atoms with Crippen LogP contribution in [-0.4, -0.2) is 23.4 Å². The molecule has 2 rings (SSSR count). The number of nitro groups is 1. The molecular weight excluding hydrogens is 288 g/mol. The SMILES string of the molecule is O=C(COC(=O)[C@H]1CC=CCC1)Nc1ccccc1[N+](=O)[O-]. The smallest absolute Gasteiger partial charge is 0.309 e. The number of amides is 1. The molecule has 7 nitrogen and oxygen atoms in total. The third-order valence-corrected chi connectivity index (χ3v) is 3.32. The Bertz CT molecular complexity index is 612. The second kappa shape index (κ2) is 7.35. The Morgan fingerprint density at radius 2 is 2.09 bits per heavy atom. The summed E-state index contributed by atoms with van der Waals surface area (Å²) in [4.78, 5) is 33.8. The van der Waals surface area contributed by atoms with Crippen molar-refractivity contribution in [2.75, 3.05) is 11.9 Å². The monoisotopic (exact) mass is 304 g/mol. The third kappa shape index (κ3) is 4.15. The van der Waals surface area contributed by atoms with E-state index in [1.807, 2.05) is 12.2 Å². The van der Waals surface area contributed by atoms with Crippen molar-refractivity contribution >= 4 is 23.3 Å². The highest BCUT2D eigenvalue weighted by Crippen LogP contribution is 2.23. The van der Waals surface area contributed by atoms with Crippen LogP contribution in [0.15, 0.2) is 36.4 Å². The summed E-state index contributed by atoms with van der Waals surface area (Å²) in [6.07, 6.45) is 6.07. The lowest BCUT2D eigenvalue weighted by atomic mass is 9.95. The van der Waals surface area contributed by atoms with Crippen LogP contribution in [0.1, 0.15) is 19.3 Å². The summed E-state index contributed by atoms with van der Waals surface area (Å²) in [5.74, 6) is -1.24. The number of carbonyl (C=O) groups excluding carboxylic acids is 2. The highest BCUT2D eigenvalue weighted by Gasteiger charge is 2.21. The van der Waals surface area contributed by atoms with Crippen LogP contribution in [0, 0.1) is 16.0 Å². The minimum Gasteiger partial charge on any atom is -0.455 e. The Hall–Kier alpha value is -2.70. The van der Waals surface area contributed by atoms with Crippen molar-refractivity contribution in [3.63, 3.8) is 0 Å². The standard InChI is InChI=1S/C15H16N2O5/c18-14(10-22-15(19)11-6-2-1-3-7-11)16-12-8-4-5-9-13(12)17(20)21/h1-2,4-5,8-9,11H,3,6-7,10H2,(H,16,18)/t11-/m0/s1. The number of ether oxygens (including phenoxy) is 1. The van der Waals surface area contributed by atoms with Gasteiger partial charge in [0, 0.05) is 6.07 Å². The van der Waals surface area contributed by atoms with E-state index in [1.165, 1.54) is 18.2 Å². The highest BCUT2D eigenvalue weighted by atomic mass is 16.6. The van der Waals surface area contributed by atoms with Gasteiger partial charge in [0.1, 0.15) is 5.69 Å². The van der Waals surface area contributed by atoms with Crippen molar-refractivity contribution < 1.29 is 19.2 Å². The van der Waals surface area contributed by atoms with Gasteiger partial charge < -0.3 is 10.1 Å². The molecule has 0 bridgehead atoms. The number of nitrogens with zero attached hydrogens (tertiary/aromatic N) is 1. The molecule has 7 heteroatoms. The average molecular weight is 304 g/mol. The molecule has 0 saturated carbocycles. The van der Waals surface area contributed by atoms with E-state index in [2.05, 4.69) is 5.32 Å². The molecule has 1 N–H and O–H groups in total. The van der Waals surface area contributed by atoms with Crippen molar-refractivity contribution in [1.29, 1.82) is 0 Å². The van der Waals surface area contributed by atoms with Crippen molar-refractivity contribution in [3.8, 4) is 0 Å². The highest BCUT2D eigenvalue weighted by molar-refractivity contribution is 5.94. The van der Waals surface area contributed by atoms with E-state index >= 15 is 0 Å². The maximum absolute atomic E-state index is 11.8.